The second-order valence-corrected chi connectivity index (χ2v) is 4.54. The molecular weight excluding hydrogens is 341 g/mol. The van der Waals surface area contributed by atoms with E-state index in [-0.39, 0.29) is 0 Å². The zero-order chi connectivity index (χ0) is 9.84. The van der Waals surface area contributed by atoms with Crippen molar-refractivity contribution in [1.82, 2.24) is 4.98 Å². The minimum atomic E-state index is 0.876. The van der Waals surface area contributed by atoms with E-state index in [1.807, 2.05) is 19.1 Å². The van der Waals surface area contributed by atoms with E-state index < -0.39 is 0 Å². The summed E-state index contributed by atoms with van der Waals surface area (Å²) in [6.45, 7) is 1.96. The van der Waals surface area contributed by atoms with Crippen LogP contribution in [0.3, 0.4) is 0 Å². The molecule has 13 heavy (non-hydrogen) atoms. The predicted octanol–water partition coefficient (Wildman–Crippen LogP) is 3.56. The molecule has 3 heteroatoms. The van der Waals surface area contributed by atoms with Gasteiger partial charge in [-0.25, -0.2) is 0 Å². The number of hydrogen-bond donors (Lipinski definition) is 0. The van der Waals surface area contributed by atoms with Gasteiger partial charge in [0.25, 0.3) is 0 Å². The van der Waals surface area contributed by atoms with Crippen LogP contribution in [-0.4, -0.2) is 4.98 Å². The first-order valence-electron chi connectivity index (χ1n) is 3.59. The lowest BCUT2D eigenvalue weighted by Gasteiger charge is -1.99. The van der Waals surface area contributed by atoms with E-state index in [0.717, 1.165) is 19.3 Å². The van der Waals surface area contributed by atoms with Crippen molar-refractivity contribution in [3.63, 3.8) is 0 Å². The topological polar surface area (TPSA) is 12.9 Å². The molecule has 0 saturated carbocycles. The Morgan fingerprint density at radius 2 is 2.46 bits per heavy atom. The van der Waals surface area contributed by atoms with Crippen molar-refractivity contribution in [2.24, 2.45) is 0 Å². The highest BCUT2D eigenvalue weighted by Crippen LogP contribution is 2.18. The van der Waals surface area contributed by atoms with Crippen LogP contribution in [0.2, 0.25) is 0 Å². The first kappa shape index (κ1) is 10.7. The second kappa shape index (κ2) is 4.77. The Morgan fingerprint density at radius 1 is 1.77 bits per heavy atom. The van der Waals surface area contributed by atoms with Crippen molar-refractivity contribution in [1.29, 1.82) is 0 Å². The standard InChI is InChI=1S/C10H7BrIN/c1-3-10(12)5-8-4-9(11)6-13-7(8)2/h1,4-6H,2H3/b10-5+. The molecule has 0 aliphatic rings. The summed E-state index contributed by atoms with van der Waals surface area (Å²) in [4.78, 5) is 4.20. The molecular formula is C10H7BrIN. The maximum atomic E-state index is 5.25. The summed E-state index contributed by atoms with van der Waals surface area (Å²) < 4.78 is 1.84. The molecule has 1 heterocycles. The minimum absolute atomic E-state index is 0.876. The number of halogens is 2. The molecule has 0 saturated heterocycles. The van der Waals surface area contributed by atoms with Crippen molar-refractivity contribution in [2.45, 2.75) is 6.92 Å². The summed E-state index contributed by atoms with van der Waals surface area (Å²) in [5.41, 5.74) is 2.03. The molecule has 0 unspecified atom stereocenters. The van der Waals surface area contributed by atoms with Crippen molar-refractivity contribution >= 4 is 44.6 Å². The Labute approximate surface area is 99.9 Å². The molecule has 0 aliphatic heterocycles. The summed E-state index contributed by atoms with van der Waals surface area (Å²) in [6, 6.07) is 2.00. The van der Waals surface area contributed by atoms with Gasteiger partial charge >= 0.3 is 0 Å². The highest BCUT2D eigenvalue weighted by Gasteiger charge is 1.97. The SMILES string of the molecule is C#C/C(I)=C\c1cc(Br)cnc1C. The number of aryl methyl sites for hydroxylation is 1. The average molecular weight is 348 g/mol. The molecule has 0 spiro atoms. The molecule has 0 aliphatic carbocycles. The quantitative estimate of drug-likeness (QED) is 0.559. The van der Waals surface area contributed by atoms with Gasteiger partial charge in [-0.3, -0.25) is 4.98 Å². The third-order valence-corrected chi connectivity index (χ3v) is 2.57. The van der Waals surface area contributed by atoms with E-state index in [0.29, 0.717) is 0 Å². The van der Waals surface area contributed by atoms with Gasteiger partial charge in [-0.15, -0.1) is 6.42 Å². The summed E-state index contributed by atoms with van der Waals surface area (Å²) in [5, 5.41) is 0. The number of nitrogens with zero attached hydrogens (tertiary/aromatic N) is 1. The van der Waals surface area contributed by atoms with Gasteiger partial charge in [0.05, 0.1) is 3.58 Å². The van der Waals surface area contributed by atoms with Crippen molar-refractivity contribution in [3.8, 4) is 12.3 Å². The van der Waals surface area contributed by atoms with Crippen molar-refractivity contribution in [2.75, 3.05) is 0 Å². The average Bonchev–Trinajstić information content (AvgIpc) is 2.11. The molecule has 0 aromatic carbocycles. The van der Waals surface area contributed by atoms with Gasteiger partial charge in [-0.05, 0) is 63.2 Å². The maximum Gasteiger partial charge on any atom is 0.0632 e. The first-order chi connectivity index (χ1) is 6.13. The highest BCUT2D eigenvalue weighted by molar-refractivity contribution is 14.1. The second-order valence-electron chi connectivity index (χ2n) is 2.46. The molecule has 1 nitrogen and oxygen atoms in total. The van der Waals surface area contributed by atoms with Gasteiger partial charge in [0.2, 0.25) is 0 Å². The molecule has 1 aromatic rings. The van der Waals surface area contributed by atoms with E-state index in [4.69, 9.17) is 6.42 Å². The molecule has 1 rings (SSSR count). The van der Waals surface area contributed by atoms with Crippen LogP contribution in [-0.2, 0) is 0 Å². The fourth-order valence-corrected chi connectivity index (χ4v) is 1.53. The molecule has 0 atom stereocenters. The number of aromatic nitrogens is 1. The van der Waals surface area contributed by atoms with Gasteiger partial charge in [-0.1, -0.05) is 5.92 Å². The normalized spacial score (nSPS) is 11.1. The zero-order valence-corrected chi connectivity index (χ0v) is 10.8. The Bertz CT molecular complexity index is 390. The van der Waals surface area contributed by atoms with Crippen LogP contribution in [0.4, 0.5) is 0 Å². The Balaban J connectivity index is 3.16. The summed E-state index contributed by atoms with van der Waals surface area (Å²) >= 11 is 5.48. The van der Waals surface area contributed by atoms with Crippen LogP contribution in [0.5, 0.6) is 0 Å². The number of hydrogen-bond acceptors (Lipinski definition) is 1. The lowest BCUT2D eigenvalue weighted by atomic mass is 10.2. The van der Waals surface area contributed by atoms with Gasteiger partial charge < -0.3 is 0 Å². The van der Waals surface area contributed by atoms with Crippen LogP contribution in [0.25, 0.3) is 6.08 Å². The van der Waals surface area contributed by atoms with Crippen LogP contribution in [0.1, 0.15) is 11.3 Å². The van der Waals surface area contributed by atoms with E-state index in [2.05, 4.69) is 49.4 Å². The molecule has 0 bridgehead atoms. The Hall–Kier alpha value is -0.340. The van der Waals surface area contributed by atoms with E-state index in [1.165, 1.54) is 0 Å². The van der Waals surface area contributed by atoms with Crippen LogP contribution in [0.15, 0.2) is 20.3 Å². The molecule has 66 valence electrons. The van der Waals surface area contributed by atoms with E-state index in [9.17, 15) is 0 Å². The first-order valence-corrected chi connectivity index (χ1v) is 5.46. The Kier molecular flexibility index (Phi) is 3.94. The largest absolute Gasteiger partial charge is 0.260 e. The molecule has 0 N–H and O–H groups in total. The molecule has 0 radical (unpaired) electrons. The fourth-order valence-electron chi connectivity index (χ4n) is 0.848. The van der Waals surface area contributed by atoms with Gasteiger partial charge in [0, 0.05) is 16.4 Å². The molecule has 0 amide bonds. The monoisotopic (exact) mass is 347 g/mol. The summed E-state index contributed by atoms with van der Waals surface area (Å²) in [6.07, 6.45) is 8.96. The van der Waals surface area contributed by atoms with Gasteiger partial charge in [0.1, 0.15) is 0 Å². The number of pyridine rings is 1. The molecule has 1 aromatic heterocycles. The summed E-state index contributed by atoms with van der Waals surface area (Å²) in [5.74, 6) is 2.56. The third kappa shape index (κ3) is 3.12. The Morgan fingerprint density at radius 3 is 3.08 bits per heavy atom. The minimum Gasteiger partial charge on any atom is -0.260 e. The predicted molar refractivity (Wildman–Crippen MR) is 67.5 cm³/mol. The van der Waals surface area contributed by atoms with Gasteiger partial charge in [0.15, 0.2) is 0 Å². The van der Waals surface area contributed by atoms with E-state index in [1.54, 1.807) is 6.20 Å². The number of rotatable bonds is 1. The highest BCUT2D eigenvalue weighted by atomic mass is 127. The smallest absolute Gasteiger partial charge is 0.0632 e. The third-order valence-electron chi connectivity index (χ3n) is 1.51. The van der Waals surface area contributed by atoms with Crippen LogP contribution in [0, 0.1) is 19.3 Å². The van der Waals surface area contributed by atoms with Gasteiger partial charge in [-0.2, -0.15) is 0 Å². The number of terminal acetylenes is 1. The number of allylic oxidation sites excluding steroid dienone is 1. The van der Waals surface area contributed by atoms with E-state index >= 15 is 0 Å². The summed E-state index contributed by atoms with van der Waals surface area (Å²) in [7, 11) is 0. The van der Waals surface area contributed by atoms with Crippen LogP contribution >= 0.6 is 38.5 Å². The maximum absolute atomic E-state index is 5.25. The lowest BCUT2D eigenvalue weighted by Crippen LogP contribution is -1.85. The van der Waals surface area contributed by atoms with Crippen molar-refractivity contribution < 1.29 is 0 Å². The fraction of sp³-hybridized carbons (Fsp3) is 0.100. The molecule has 0 fully saturated rings. The van der Waals surface area contributed by atoms with Crippen molar-refractivity contribution in [3.05, 3.63) is 31.6 Å². The van der Waals surface area contributed by atoms with Crippen LogP contribution < -0.4 is 0 Å². The lowest BCUT2D eigenvalue weighted by molar-refractivity contribution is 1.18. The zero-order valence-electron chi connectivity index (χ0n) is 7.01.